The molecule has 0 aliphatic heterocycles. The lowest BCUT2D eigenvalue weighted by Gasteiger charge is -2.09. The molecule has 0 aliphatic rings. The normalized spacial score (nSPS) is 11.8. The van der Waals surface area contributed by atoms with Crippen LogP contribution in [0.1, 0.15) is 25.3 Å². The number of benzene rings is 2. The third-order valence-electron chi connectivity index (χ3n) is 3.41. The molecular formula is C19H19NO3S. The van der Waals surface area contributed by atoms with E-state index in [1.165, 1.54) is 18.2 Å². The Balaban J connectivity index is 2.40. The molecule has 2 aromatic rings. The average molecular weight is 341 g/mol. The van der Waals surface area contributed by atoms with E-state index in [-0.39, 0.29) is 9.80 Å². The summed E-state index contributed by atoms with van der Waals surface area (Å²) in [6, 6.07) is 16.8. The highest BCUT2D eigenvalue weighted by atomic mass is 32.2. The first-order valence-electron chi connectivity index (χ1n) is 7.73. The van der Waals surface area contributed by atoms with Crippen molar-refractivity contribution in [2.75, 3.05) is 6.61 Å². The maximum absolute atomic E-state index is 12.6. The Bertz CT molecular complexity index is 850. The molecule has 0 saturated heterocycles. The molecular weight excluding hydrogens is 322 g/mol. The van der Waals surface area contributed by atoms with E-state index in [0.717, 1.165) is 12.8 Å². The van der Waals surface area contributed by atoms with E-state index in [0.29, 0.717) is 17.9 Å². The lowest BCUT2D eigenvalue weighted by atomic mass is 10.2. The molecule has 2 aromatic carbocycles. The van der Waals surface area contributed by atoms with Crippen molar-refractivity contribution in [3.63, 3.8) is 0 Å². The van der Waals surface area contributed by atoms with Crippen LogP contribution < -0.4 is 4.74 Å². The van der Waals surface area contributed by atoms with Crippen molar-refractivity contribution in [1.82, 2.24) is 0 Å². The fraction of sp³-hybridized carbons (Fsp3) is 0.211. The van der Waals surface area contributed by atoms with Crippen LogP contribution in [-0.2, 0) is 9.84 Å². The van der Waals surface area contributed by atoms with Crippen LogP contribution in [0.5, 0.6) is 5.75 Å². The number of allylic oxidation sites excluding steroid dienone is 1. The summed E-state index contributed by atoms with van der Waals surface area (Å²) in [5.74, 6) is 0.571. The highest BCUT2D eigenvalue weighted by molar-refractivity contribution is 7.95. The Hall–Kier alpha value is -2.58. The van der Waals surface area contributed by atoms with E-state index >= 15 is 0 Å². The number of nitriles is 1. The molecule has 0 atom stereocenters. The van der Waals surface area contributed by atoms with Crippen LogP contribution in [0.15, 0.2) is 64.4 Å². The molecule has 0 unspecified atom stereocenters. The van der Waals surface area contributed by atoms with Gasteiger partial charge in [-0.25, -0.2) is 8.42 Å². The third-order valence-corrected chi connectivity index (χ3v) is 5.10. The van der Waals surface area contributed by atoms with Crippen LogP contribution >= 0.6 is 0 Å². The second-order valence-electron chi connectivity index (χ2n) is 5.18. The van der Waals surface area contributed by atoms with Gasteiger partial charge in [0.1, 0.15) is 16.7 Å². The van der Waals surface area contributed by atoms with E-state index in [4.69, 9.17) is 4.74 Å². The third kappa shape index (κ3) is 4.24. The summed E-state index contributed by atoms with van der Waals surface area (Å²) in [6.45, 7) is 2.62. The van der Waals surface area contributed by atoms with Gasteiger partial charge >= 0.3 is 0 Å². The van der Waals surface area contributed by atoms with Gasteiger partial charge in [0, 0.05) is 5.56 Å². The van der Waals surface area contributed by atoms with Gasteiger partial charge < -0.3 is 4.74 Å². The summed E-state index contributed by atoms with van der Waals surface area (Å²) in [5, 5.41) is 9.35. The molecule has 124 valence electrons. The maximum Gasteiger partial charge on any atom is 0.216 e. The van der Waals surface area contributed by atoms with Crippen LogP contribution in [0.25, 0.3) is 6.08 Å². The fourth-order valence-electron chi connectivity index (χ4n) is 2.10. The van der Waals surface area contributed by atoms with Gasteiger partial charge in [0.25, 0.3) is 0 Å². The largest absolute Gasteiger partial charge is 0.493 e. The number of ether oxygens (including phenoxy) is 1. The quantitative estimate of drug-likeness (QED) is 0.559. The molecule has 0 saturated carbocycles. The number of unbranched alkanes of at least 4 members (excludes halogenated alkanes) is 1. The Labute approximate surface area is 142 Å². The smallest absolute Gasteiger partial charge is 0.216 e. The van der Waals surface area contributed by atoms with Crippen LogP contribution in [0.4, 0.5) is 0 Å². The van der Waals surface area contributed by atoms with E-state index in [1.807, 2.05) is 6.07 Å². The number of sulfone groups is 1. The highest BCUT2D eigenvalue weighted by Gasteiger charge is 2.20. The van der Waals surface area contributed by atoms with E-state index in [2.05, 4.69) is 6.92 Å². The van der Waals surface area contributed by atoms with Crippen molar-refractivity contribution in [2.24, 2.45) is 0 Å². The molecule has 0 heterocycles. The van der Waals surface area contributed by atoms with E-state index < -0.39 is 9.84 Å². The Morgan fingerprint density at radius 2 is 1.79 bits per heavy atom. The standard InChI is InChI=1S/C19H19NO3S/c1-2-3-13-23-19-12-8-7-9-16(19)14-18(15-20)24(21,22)17-10-5-4-6-11-17/h4-12,14H,2-3,13H2,1H3. The maximum atomic E-state index is 12.6. The summed E-state index contributed by atoms with van der Waals surface area (Å²) in [6.07, 6.45) is 3.28. The monoisotopic (exact) mass is 341 g/mol. The van der Waals surface area contributed by atoms with Crippen molar-refractivity contribution >= 4 is 15.9 Å². The van der Waals surface area contributed by atoms with E-state index in [9.17, 15) is 13.7 Å². The molecule has 0 fully saturated rings. The molecule has 0 radical (unpaired) electrons. The molecule has 2 rings (SSSR count). The second kappa shape index (κ2) is 8.32. The van der Waals surface area contributed by atoms with Crippen molar-refractivity contribution in [3.8, 4) is 11.8 Å². The SMILES string of the molecule is CCCCOc1ccccc1C=C(C#N)S(=O)(=O)c1ccccc1. The molecule has 4 nitrogen and oxygen atoms in total. The minimum atomic E-state index is -3.85. The molecule has 0 spiro atoms. The molecule has 0 amide bonds. The summed E-state index contributed by atoms with van der Waals surface area (Å²) in [5.41, 5.74) is 0.574. The summed E-state index contributed by atoms with van der Waals surface area (Å²) in [4.78, 5) is -0.206. The van der Waals surface area contributed by atoms with E-state index in [1.54, 1.807) is 42.5 Å². The molecule has 5 heteroatoms. The average Bonchev–Trinajstić information content (AvgIpc) is 2.61. The molecule has 0 aromatic heterocycles. The number of hydrogen-bond donors (Lipinski definition) is 0. The first kappa shape index (κ1) is 17.8. The number of rotatable bonds is 7. The highest BCUT2D eigenvalue weighted by Crippen LogP contribution is 2.25. The minimum absolute atomic E-state index is 0.0992. The van der Waals surface area contributed by atoms with Crippen molar-refractivity contribution in [2.45, 2.75) is 24.7 Å². The summed E-state index contributed by atoms with van der Waals surface area (Å²) < 4.78 is 30.9. The van der Waals surface area contributed by atoms with Crippen LogP contribution in [0.2, 0.25) is 0 Å². The second-order valence-corrected chi connectivity index (χ2v) is 7.09. The fourth-order valence-corrected chi connectivity index (χ4v) is 3.27. The van der Waals surface area contributed by atoms with Gasteiger partial charge in [-0.2, -0.15) is 5.26 Å². The first-order chi connectivity index (χ1) is 11.6. The zero-order valence-corrected chi connectivity index (χ0v) is 14.3. The van der Waals surface area contributed by atoms with Gasteiger partial charge in [0.2, 0.25) is 9.84 Å². The molecule has 24 heavy (non-hydrogen) atoms. The zero-order valence-electron chi connectivity index (χ0n) is 13.5. The van der Waals surface area contributed by atoms with Gasteiger partial charge in [0.05, 0.1) is 11.5 Å². The minimum Gasteiger partial charge on any atom is -0.493 e. The zero-order chi connectivity index (χ0) is 17.4. The lowest BCUT2D eigenvalue weighted by molar-refractivity contribution is 0.309. The van der Waals surface area contributed by atoms with Crippen molar-refractivity contribution in [3.05, 3.63) is 65.1 Å². The van der Waals surface area contributed by atoms with Gasteiger partial charge in [0.15, 0.2) is 0 Å². The predicted molar refractivity (Wildman–Crippen MR) is 94.1 cm³/mol. The van der Waals surface area contributed by atoms with Gasteiger partial charge in [-0.3, -0.25) is 0 Å². The molecule has 0 bridgehead atoms. The number of para-hydroxylation sites is 1. The number of nitrogens with zero attached hydrogens (tertiary/aromatic N) is 1. The predicted octanol–water partition coefficient (Wildman–Crippen LogP) is 4.20. The van der Waals surface area contributed by atoms with Crippen LogP contribution in [0, 0.1) is 11.3 Å². The summed E-state index contributed by atoms with van der Waals surface area (Å²) in [7, 11) is -3.85. The Morgan fingerprint density at radius 3 is 2.46 bits per heavy atom. The van der Waals surface area contributed by atoms with Gasteiger partial charge in [-0.05, 0) is 30.7 Å². The van der Waals surface area contributed by atoms with Crippen molar-refractivity contribution < 1.29 is 13.2 Å². The lowest BCUT2D eigenvalue weighted by Crippen LogP contribution is -2.04. The first-order valence-corrected chi connectivity index (χ1v) is 9.21. The molecule has 0 N–H and O–H groups in total. The number of hydrogen-bond acceptors (Lipinski definition) is 4. The van der Waals surface area contributed by atoms with Crippen molar-refractivity contribution in [1.29, 1.82) is 5.26 Å². The Morgan fingerprint density at radius 1 is 1.12 bits per heavy atom. The van der Waals surface area contributed by atoms with Crippen LogP contribution in [0.3, 0.4) is 0 Å². The van der Waals surface area contributed by atoms with Gasteiger partial charge in [-0.15, -0.1) is 0 Å². The van der Waals surface area contributed by atoms with Crippen LogP contribution in [-0.4, -0.2) is 15.0 Å². The topological polar surface area (TPSA) is 67.2 Å². The summed E-state index contributed by atoms with van der Waals surface area (Å²) >= 11 is 0. The van der Waals surface area contributed by atoms with Gasteiger partial charge in [-0.1, -0.05) is 49.7 Å². The molecule has 0 aliphatic carbocycles. The Kier molecular flexibility index (Phi) is 6.16.